The number of aromatic nitrogens is 4. The molecular formula is C20H20N6O2. The molecular weight excluding hydrogens is 356 g/mol. The van der Waals surface area contributed by atoms with Gasteiger partial charge in [-0.05, 0) is 12.1 Å². The topological polar surface area (TPSA) is 87.2 Å². The Hall–Kier alpha value is -3.00. The van der Waals surface area contributed by atoms with Gasteiger partial charge in [0.1, 0.15) is 0 Å². The maximum absolute atomic E-state index is 12.8. The molecule has 1 amide bonds. The summed E-state index contributed by atoms with van der Waals surface area (Å²) in [7, 11) is 0. The van der Waals surface area contributed by atoms with Crippen LogP contribution in [-0.2, 0) is 4.74 Å². The number of carbonyl (C=O) groups excluding carboxylic acids is 1. The highest BCUT2D eigenvalue weighted by molar-refractivity contribution is 5.94. The first-order valence-electron chi connectivity index (χ1n) is 9.58. The molecule has 3 aliphatic heterocycles. The number of aromatic amines is 1. The first-order chi connectivity index (χ1) is 13.7. The second kappa shape index (κ2) is 5.75. The Morgan fingerprint density at radius 3 is 2.68 bits per heavy atom. The zero-order valence-electron chi connectivity index (χ0n) is 15.3. The molecule has 5 heterocycles. The van der Waals surface area contributed by atoms with Gasteiger partial charge in [-0.15, -0.1) is 0 Å². The molecule has 0 aliphatic carbocycles. The van der Waals surface area contributed by atoms with Crippen molar-refractivity contribution in [1.29, 1.82) is 0 Å². The second-order valence-electron chi connectivity index (χ2n) is 8.12. The zero-order chi connectivity index (χ0) is 18.7. The maximum Gasteiger partial charge on any atom is 0.289 e. The van der Waals surface area contributed by atoms with Gasteiger partial charge in [0.25, 0.3) is 5.91 Å². The van der Waals surface area contributed by atoms with Crippen molar-refractivity contribution in [3.63, 3.8) is 0 Å². The summed E-state index contributed by atoms with van der Waals surface area (Å²) < 4.78 is 5.36. The molecule has 0 bridgehead atoms. The number of likely N-dealkylation sites (tertiary alicyclic amines) is 1. The van der Waals surface area contributed by atoms with Crippen LogP contribution in [0.1, 0.15) is 22.2 Å². The van der Waals surface area contributed by atoms with Crippen LogP contribution < -0.4 is 4.90 Å². The van der Waals surface area contributed by atoms with Gasteiger partial charge in [-0.3, -0.25) is 9.78 Å². The molecule has 2 aromatic heterocycles. The van der Waals surface area contributed by atoms with E-state index in [1.165, 1.54) is 0 Å². The van der Waals surface area contributed by atoms with E-state index in [0.717, 1.165) is 48.8 Å². The van der Waals surface area contributed by atoms with Crippen molar-refractivity contribution in [3.8, 4) is 0 Å². The molecule has 3 aromatic rings. The average Bonchev–Trinajstić information content (AvgIpc) is 3.03. The third kappa shape index (κ3) is 2.34. The monoisotopic (exact) mass is 376 g/mol. The number of nitrogens with one attached hydrogen (secondary N) is 1. The van der Waals surface area contributed by atoms with Gasteiger partial charge in [-0.25, -0.2) is 9.97 Å². The summed E-state index contributed by atoms with van der Waals surface area (Å²) in [5.74, 6) is 1.51. The first kappa shape index (κ1) is 16.0. The zero-order valence-corrected chi connectivity index (χ0v) is 15.3. The van der Waals surface area contributed by atoms with Crippen molar-refractivity contribution in [3.05, 3.63) is 48.2 Å². The van der Waals surface area contributed by atoms with Crippen molar-refractivity contribution in [2.75, 3.05) is 44.3 Å². The van der Waals surface area contributed by atoms with E-state index >= 15 is 0 Å². The van der Waals surface area contributed by atoms with Crippen LogP contribution in [0.15, 0.2) is 36.7 Å². The summed E-state index contributed by atoms with van der Waals surface area (Å²) >= 11 is 0. The van der Waals surface area contributed by atoms with Gasteiger partial charge in [0.05, 0.1) is 35.4 Å². The number of H-pyrrole nitrogens is 1. The van der Waals surface area contributed by atoms with E-state index in [0.29, 0.717) is 24.3 Å². The standard InChI is InChI=1S/C20H20N6O2/c27-19(17-23-14-3-1-2-4-15(14)24-17)25-7-13(8-25)16-18(22-6-5-21-16)26-9-20(10-26)11-28-12-20/h1-6,13H,7-12H2,(H,23,24). The molecule has 0 radical (unpaired) electrons. The summed E-state index contributed by atoms with van der Waals surface area (Å²) in [5, 5.41) is 0. The number of ether oxygens (including phenoxy) is 1. The first-order valence-corrected chi connectivity index (χ1v) is 9.58. The van der Waals surface area contributed by atoms with E-state index in [4.69, 9.17) is 4.74 Å². The summed E-state index contributed by atoms with van der Waals surface area (Å²) in [6.45, 7) is 4.94. The van der Waals surface area contributed by atoms with Crippen molar-refractivity contribution < 1.29 is 9.53 Å². The fraction of sp³-hybridized carbons (Fsp3) is 0.400. The Bertz CT molecular complexity index is 1030. The molecule has 1 aromatic carbocycles. The lowest BCUT2D eigenvalue weighted by molar-refractivity contribution is -0.127. The number of imidazole rings is 1. The highest BCUT2D eigenvalue weighted by Gasteiger charge is 2.50. The molecule has 1 N–H and O–H groups in total. The molecule has 0 atom stereocenters. The predicted molar refractivity (Wildman–Crippen MR) is 102 cm³/mol. The predicted octanol–water partition coefficient (Wildman–Crippen LogP) is 1.43. The molecule has 28 heavy (non-hydrogen) atoms. The normalized spacial score (nSPS) is 20.7. The van der Waals surface area contributed by atoms with Gasteiger partial charge < -0.3 is 19.5 Å². The number of nitrogens with zero attached hydrogens (tertiary/aromatic N) is 5. The number of benzene rings is 1. The maximum atomic E-state index is 12.8. The Labute approximate surface area is 161 Å². The van der Waals surface area contributed by atoms with Crippen LogP contribution in [0.2, 0.25) is 0 Å². The molecule has 6 rings (SSSR count). The molecule has 8 heteroatoms. The summed E-state index contributed by atoms with van der Waals surface area (Å²) in [4.78, 5) is 33.6. The second-order valence-corrected chi connectivity index (χ2v) is 8.12. The van der Waals surface area contributed by atoms with Crippen LogP contribution in [0.4, 0.5) is 5.82 Å². The lowest BCUT2D eigenvalue weighted by atomic mass is 9.77. The fourth-order valence-electron chi connectivity index (χ4n) is 4.38. The minimum Gasteiger partial charge on any atom is -0.380 e. The molecule has 3 saturated heterocycles. The largest absolute Gasteiger partial charge is 0.380 e. The number of anilines is 1. The molecule has 1 spiro atoms. The van der Waals surface area contributed by atoms with Crippen LogP contribution in [-0.4, -0.2) is 70.1 Å². The third-order valence-corrected chi connectivity index (χ3v) is 6.02. The summed E-state index contributed by atoms with van der Waals surface area (Å²) in [6, 6.07) is 7.68. The van der Waals surface area contributed by atoms with Gasteiger partial charge >= 0.3 is 0 Å². The molecule has 0 unspecified atom stereocenters. The molecule has 3 fully saturated rings. The van der Waals surface area contributed by atoms with Crippen molar-refractivity contribution >= 4 is 22.8 Å². The number of para-hydroxylation sites is 2. The lowest BCUT2D eigenvalue weighted by Gasteiger charge is -2.56. The lowest BCUT2D eigenvalue weighted by Crippen LogP contribution is -2.66. The average molecular weight is 376 g/mol. The van der Waals surface area contributed by atoms with Crippen LogP contribution >= 0.6 is 0 Å². The molecule has 8 nitrogen and oxygen atoms in total. The fourth-order valence-corrected chi connectivity index (χ4v) is 4.38. The highest BCUT2D eigenvalue weighted by Crippen LogP contribution is 2.42. The number of hydrogen-bond acceptors (Lipinski definition) is 6. The van der Waals surface area contributed by atoms with E-state index in [9.17, 15) is 4.79 Å². The molecule has 142 valence electrons. The van der Waals surface area contributed by atoms with Crippen LogP contribution in [0, 0.1) is 5.41 Å². The third-order valence-electron chi connectivity index (χ3n) is 6.02. The van der Waals surface area contributed by atoms with Crippen molar-refractivity contribution in [1.82, 2.24) is 24.8 Å². The van der Waals surface area contributed by atoms with Gasteiger partial charge in [0.2, 0.25) is 0 Å². The minimum atomic E-state index is -0.0626. The van der Waals surface area contributed by atoms with Gasteiger partial charge in [0.15, 0.2) is 11.6 Å². The number of hydrogen-bond donors (Lipinski definition) is 1. The van der Waals surface area contributed by atoms with Crippen LogP contribution in [0.5, 0.6) is 0 Å². The summed E-state index contributed by atoms with van der Waals surface area (Å²) in [6.07, 6.45) is 3.49. The highest BCUT2D eigenvalue weighted by atomic mass is 16.5. The molecule has 3 aliphatic rings. The van der Waals surface area contributed by atoms with Crippen molar-refractivity contribution in [2.45, 2.75) is 5.92 Å². The Kier molecular flexibility index (Phi) is 3.28. The SMILES string of the molecule is O=C(c1nc2ccccc2[nH]1)N1CC(c2nccnc2N2CC3(COC3)C2)C1. The minimum absolute atomic E-state index is 0.0626. The van der Waals surface area contributed by atoms with Crippen LogP contribution in [0.25, 0.3) is 11.0 Å². The number of fused-ring (bicyclic) bond motifs is 1. The van der Waals surface area contributed by atoms with Crippen molar-refractivity contribution in [2.24, 2.45) is 5.41 Å². The number of carbonyl (C=O) groups is 1. The van der Waals surface area contributed by atoms with E-state index in [-0.39, 0.29) is 11.8 Å². The number of rotatable bonds is 3. The smallest absolute Gasteiger partial charge is 0.289 e. The van der Waals surface area contributed by atoms with E-state index < -0.39 is 0 Å². The van der Waals surface area contributed by atoms with Crippen LogP contribution in [0.3, 0.4) is 0 Å². The Balaban J connectivity index is 1.16. The van der Waals surface area contributed by atoms with E-state index in [2.05, 4.69) is 24.8 Å². The Morgan fingerprint density at radius 1 is 1.14 bits per heavy atom. The van der Waals surface area contributed by atoms with Gasteiger partial charge in [0, 0.05) is 44.5 Å². The Morgan fingerprint density at radius 2 is 1.93 bits per heavy atom. The molecule has 0 saturated carbocycles. The number of amides is 1. The summed E-state index contributed by atoms with van der Waals surface area (Å²) in [5.41, 5.74) is 3.01. The van der Waals surface area contributed by atoms with Gasteiger partial charge in [-0.2, -0.15) is 0 Å². The van der Waals surface area contributed by atoms with E-state index in [1.807, 2.05) is 29.2 Å². The quantitative estimate of drug-likeness (QED) is 0.744. The van der Waals surface area contributed by atoms with Gasteiger partial charge in [-0.1, -0.05) is 12.1 Å². The van der Waals surface area contributed by atoms with E-state index in [1.54, 1.807) is 12.4 Å².